The summed E-state index contributed by atoms with van der Waals surface area (Å²) in [5.41, 5.74) is 2.39. The fourth-order valence-electron chi connectivity index (χ4n) is 3.00. The molecule has 0 fully saturated rings. The zero-order valence-corrected chi connectivity index (χ0v) is 17.7. The van der Waals surface area contributed by atoms with E-state index in [9.17, 15) is 14.4 Å². The van der Waals surface area contributed by atoms with Crippen molar-refractivity contribution >= 4 is 29.1 Å². The molecule has 1 N–H and O–H groups in total. The number of esters is 1. The Morgan fingerprint density at radius 2 is 1.83 bits per heavy atom. The second kappa shape index (κ2) is 9.41. The van der Waals surface area contributed by atoms with Crippen molar-refractivity contribution in [3.8, 4) is 5.75 Å². The van der Waals surface area contributed by atoms with Gasteiger partial charge in [0.15, 0.2) is 6.61 Å². The molecular formula is C22H22N2O5S. The van der Waals surface area contributed by atoms with Gasteiger partial charge in [-0.1, -0.05) is 6.07 Å². The van der Waals surface area contributed by atoms with Gasteiger partial charge in [-0.2, -0.15) is 0 Å². The second-order valence-electron chi connectivity index (χ2n) is 6.63. The number of ether oxygens (including phenoxy) is 2. The Morgan fingerprint density at radius 3 is 2.47 bits per heavy atom. The average molecular weight is 426 g/mol. The Labute approximate surface area is 178 Å². The number of carbonyl (C=O) groups is 3. The minimum absolute atomic E-state index is 0.299. The fourth-order valence-corrected chi connectivity index (χ4v) is 3.69. The monoisotopic (exact) mass is 426 g/mol. The highest BCUT2D eigenvalue weighted by atomic mass is 32.1. The highest BCUT2D eigenvalue weighted by Crippen LogP contribution is 2.20. The third-order valence-corrected chi connectivity index (χ3v) is 5.49. The Morgan fingerprint density at radius 1 is 1.10 bits per heavy atom. The summed E-state index contributed by atoms with van der Waals surface area (Å²) >= 11 is 1.64. The van der Waals surface area contributed by atoms with Crippen LogP contribution in [0.3, 0.4) is 0 Å². The number of hydrogen-bond acceptors (Lipinski definition) is 6. The number of carbonyl (C=O) groups excluding carboxylic acids is 3. The molecule has 0 radical (unpaired) electrons. The number of benzene rings is 1. The van der Waals surface area contributed by atoms with Crippen LogP contribution in [0.4, 0.5) is 0 Å². The third kappa shape index (κ3) is 4.96. The van der Waals surface area contributed by atoms with Crippen LogP contribution in [0.1, 0.15) is 37.0 Å². The van der Waals surface area contributed by atoms with E-state index in [-0.39, 0.29) is 0 Å². The van der Waals surface area contributed by atoms with Crippen molar-refractivity contribution in [3.63, 3.8) is 0 Å². The van der Waals surface area contributed by atoms with Gasteiger partial charge in [0.1, 0.15) is 5.75 Å². The standard InChI is InChI=1S/C22H22N2O5S/c1-14-11-19(15(2)24(14)12-18-5-4-10-30-18)22(27)29-13-20(25)23-21(26)16-6-8-17(28-3)9-7-16/h4-11H,12-13H2,1-3H3,(H,23,25,26). The number of hydrogen-bond donors (Lipinski definition) is 1. The average Bonchev–Trinajstić information content (AvgIpc) is 3.36. The number of nitrogens with zero attached hydrogens (tertiary/aromatic N) is 1. The van der Waals surface area contributed by atoms with Gasteiger partial charge in [0, 0.05) is 21.8 Å². The predicted molar refractivity (Wildman–Crippen MR) is 113 cm³/mol. The minimum Gasteiger partial charge on any atom is -0.497 e. The first-order valence-electron chi connectivity index (χ1n) is 9.23. The largest absolute Gasteiger partial charge is 0.497 e. The first-order valence-corrected chi connectivity index (χ1v) is 10.1. The maximum Gasteiger partial charge on any atom is 0.340 e. The molecule has 3 rings (SSSR count). The first kappa shape index (κ1) is 21.3. The first-order chi connectivity index (χ1) is 14.4. The molecule has 0 unspecified atom stereocenters. The highest BCUT2D eigenvalue weighted by molar-refractivity contribution is 7.09. The van der Waals surface area contributed by atoms with E-state index >= 15 is 0 Å². The van der Waals surface area contributed by atoms with Gasteiger partial charge in [-0.25, -0.2) is 4.79 Å². The van der Waals surface area contributed by atoms with E-state index in [1.54, 1.807) is 29.5 Å². The van der Waals surface area contributed by atoms with E-state index in [1.165, 1.54) is 24.1 Å². The smallest absolute Gasteiger partial charge is 0.340 e. The Bertz CT molecular complexity index is 1050. The molecule has 2 amide bonds. The number of aryl methyl sites for hydroxylation is 1. The maximum atomic E-state index is 12.5. The lowest BCUT2D eigenvalue weighted by Gasteiger charge is -2.09. The van der Waals surface area contributed by atoms with Gasteiger partial charge < -0.3 is 14.0 Å². The van der Waals surface area contributed by atoms with Crippen LogP contribution in [-0.2, 0) is 16.1 Å². The van der Waals surface area contributed by atoms with Crippen LogP contribution < -0.4 is 10.1 Å². The van der Waals surface area contributed by atoms with Gasteiger partial charge in [-0.3, -0.25) is 14.9 Å². The van der Waals surface area contributed by atoms with Gasteiger partial charge in [-0.15, -0.1) is 11.3 Å². The van der Waals surface area contributed by atoms with E-state index in [4.69, 9.17) is 9.47 Å². The number of rotatable bonds is 7. The van der Waals surface area contributed by atoms with E-state index in [0.29, 0.717) is 23.4 Å². The number of aromatic nitrogens is 1. The van der Waals surface area contributed by atoms with E-state index in [1.807, 2.05) is 35.9 Å². The summed E-state index contributed by atoms with van der Waals surface area (Å²) in [6.45, 7) is 3.87. The maximum absolute atomic E-state index is 12.5. The summed E-state index contributed by atoms with van der Waals surface area (Å²) in [4.78, 5) is 37.8. The molecule has 2 aromatic heterocycles. The summed E-state index contributed by atoms with van der Waals surface area (Å²) < 4.78 is 12.2. The summed E-state index contributed by atoms with van der Waals surface area (Å²) in [5.74, 6) is -1.28. The number of thiophene rings is 1. The molecule has 156 valence electrons. The molecule has 8 heteroatoms. The summed E-state index contributed by atoms with van der Waals surface area (Å²) in [6.07, 6.45) is 0. The van der Waals surface area contributed by atoms with Crippen molar-refractivity contribution in [2.45, 2.75) is 20.4 Å². The number of nitrogens with one attached hydrogen (secondary N) is 1. The summed E-state index contributed by atoms with van der Waals surface area (Å²) in [7, 11) is 1.52. The van der Waals surface area contributed by atoms with Crippen LogP contribution in [0.25, 0.3) is 0 Å². The van der Waals surface area contributed by atoms with Gasteiger partial charge >= 0.3 is 5.97 Å². The molecule has 0 atom stereocenters. The molecule has 0 aliphatic rings. The molecule has 2 heterocycles. The molecule has 0 bridgehead atoms. The van der Waals surface area contributed by atoms with Crippen LogP contribution in [0.2, 0.25) is 0 Å². The molecule has 30 heavy (non-hydrogen) atoms. The molecule has 0 saturated heterocycles. The molecule has 0 aliphatic carbocycles. The van der Waals surface area contributed by atoms with Crippen molar-refractivity contribution in [2.24, 2.45) is 0 Å². The topological polar surface area (TPSA) is 86.6 Å². The Hall–Kier alpha value is -3.39. The molecule has 1 aromatic carbocycles. The van der Waals surface area contributed by atoms with Gasteiger partial charge in [0.2, 0.25) is 0 Å². The van der Waals surface area contributed by atoms with Crippen molar-refractivity contribution in [1.29, 1.82) is 0 Å². The van der Waals surface area contributed by atoms with Gasteiger partial charge in [0.05, 0.1) is 19.2 Å². The van der Waals surface area contributed by atoms with Crippen molar-refractivity contribution in [3.05, 3.63) is 75.2 Å². The number of methoxy groups -OCH3 is 1. The zero-order chi connectivity index (χ0) is 21.7. The normalized spacial score (nSPS) is 10.5. The van der Waals surface area contributed by atoms with Crippen LogP contribution in [0.15, 0.2) is 47.8 Å². The summed E-state index contributed by atoms with van der Waals surface area (Å²) in [6, 6.07) is 12.1. The van der Waals surface area contributed by atoms with Crippen molar-refractivity contribution < 1.29 is 23.9 Å². The minimum atomic E-state index is -0.698. The quantitative estimate of drug-likeness (QED) is 0.586. The van der Waals surface area contributed by atoms with E-state index in [0.717, 1.165) is 11.4 Å². The van der Waals surface area contributed by atoms with Crippen molar-refractivity contribution in [1.82, 2.24) is 9.88 Å². The number of imide groups is 1. The van der Waals surface area contributed by atoms with Crippen molar-refractivity contribution in [2.75, 3.05) is 13.7 Å². The lowest BCUT2D eigenvalue weighted by atomic mass is 10.2. The summed E-state index contributed by atoms with van der Waals surface area (Å²) in [5, 5.41) is 4.21. The molecule has 0 spiro atoms. The van der Waals surface area contributed by atoms with Crippen LogP contribution in [0.5, 0.6) is 5.75 Å². The van der Waals surface area contributed by atoms with E-state index in [2.05, 4.69) is 5.32 Å². The van der Waals surface area contributed by atoms with E-state index < -0.39 is 24.4 Å². The van der Waals surface area contributed by atoms with Crippen LogP contribution in [0, 0.1) is 13.8 Å². The molecule has 0 aliphatic heterocycles. The fraction of sp³-hybridized carbons (Fsp3) is 0.227. The van der Waals surface area contributed by atoms with Crippen LogP contribution >= 0.6 is 11.3 Å². The molecule has 0 saturated carbocycles. The predicted octanol–water partition coefficient (Wildman–Crippen LogP) is 3.34. The molecule has 3 aromatic rings. The lowest BCUT2D eigenvalue weighted by Crippen LogP contribution is -2.34. The number of amides is 2. The molecular weight excluding hydrogens is 404 g/mol. The molecule has 7 nitrogen and oxygen atoms in total. The Kier molecular flexibility index (Phi) is 6.68. The highest BCUT2D eigenvalue weighted by Gasteiger charge is 2.19. The Balaban J connectivity index is 1.57. The second-order valence-corrected chi connectivity index (χ2v) is 7.66. The SMILES string of the molecule is COc1ccc(C(=O)NC(=O)COC(=O)c2cc(C)n(Cc3cccs3)c2C)cc1. The lowest BCUT2D eigenvalue weighted by molar-refractivity contribution is -0.123. The third-order valence-electron chi connectivity index (χ3n) is 4.63. The van der Waals surface area contributed by atoms with Gasteiger partial charge in [-0.05, 0) is 55.6 Å². The zero-order valence-electron chi connectivity index (χ0n) is 16.9. The van der Waals surface area contributed by atoms with Gasteiger partial charge in [0.25, 0.3) is 11.8 Å². The van der Waals surface area contributed by atoms with Crippen LogP contribution in [-0.4, -0.2) is 36.1 Å².